The van der Waals surface area contributed by atoms with Crippen LogP contribution in [-0.4, -0.2) is 15.9 Å². The SMILES string of the molecule is Cc1ccc(NC(=O)c2ccnc(Nc3ccc(Cl)c(Cl)c3)n2)cc1C. The highest BCUT2D eigenvalue weighted by molar-refractivity contribution is 6.42. The molecule has 0 saturated carbocycles. The molecule has 0 aliphatic rings. The van der Waals surface area contributed by atoms with Gasteiger partial charge in [0.2, 0.25) is 5.95 Å². The second kappa shape index (κ2) is 7.72. The molecule has 0 saturated heterocycles. The van der Waals surface area contributed by atoms with Crippen molar-refractivity contribution in [2.24, 2.45) is 0 Å². The van der Waals surface area contributed by atoms with Crippen molar-refractivity contribution in [3.8, 4) is 0 Å². The van der Waals surface area contributed by atoms with Crippen molar-refractivity contribution in [3.63, 3.8) is 0 Å². The van der Waals surface area contributed by atoms with E-state index >= 15 is 0 Å². The molecule has 1 aromatic heterocycles. The Hall–Kier alpha value is -2.63. The number of aryl methyl sites for hydroxylation is 2. The van der Waals surface area contributed by atoms with Gasteiger partial charge in [0.15, 0.2) is 0 Å². The van der Waals surface area contributed by atoms with Crippen molar-refractivity contribution in [1.29, 1.82) is 0 Å². The Labute approximate surface area is 161 Å². The number of hydrogen-bond acceptors (Lipinski definition) is 4. The summed E-state index contributed by atoms with van der Waals surface area (Å²) in [7, 11) is 0. The van der Waals surface area contributed by atoms with E-state index < -0.39 is 0 Å². The molecule has 0 aliphatic carbocycles. The zero-order valence-electron chi connectivity index (χ0n) is 14.2. The lowest BCUT2D eigenvalue weighted by atomic mass is 10.1. The summed E-state index contributed by atoms with van der Waals surface area (Å²) in [5.41, 5.74) is 3.91. The fourth-order valence-corrected chi connectivity index (χ4v) is 2.56. The Morgan fingerprint density at radius 1 is 0.923 bits per heavy atom. The van der Waals surface area contributed by atoms with Crippen molar-refractivity contribution >= 4 is 46.4 Å². The second-order valence-corrected chi connectivity index (χ2v) is 6.59. The number of benzene rings is 2. The maximum absolute atomic E-state index is 12.4. The van der Waals surface area contributed by atoms with Gasteiger partial charge >= 0.3 is 0 Å². The number of nitrogens with one attached hydrogen (secondary N) is 2. The van der Waals surface area contributed by atoms with E-state index in [1.54, 1.807) is 24.3 Å². The van der Waals surface area contributed by atoms with Gasteiger partial charge in [0.1, 0.15) is 5.69 Å². The fourth-order valence-electron chi connectivity index (χ4n) is 2.26. The first-order chi connectivity index (χ1) is 12.4. The first-order valence-electron chi connectivity index (χ1n) is 7.86. The summed E-state index contributed by atoms with van der Waals surface area (Å²) < 4.78 is 0. The summed E-state index contributed by atoms with van der Waals surface area (Å²) in [4.78, 5) is 20.8. The zero-order valence-corrected chi connectivity index (χ0v) is 15.7. The van der Waals surface area contributed by atoms with Crippen LogP contribution in [0.1, 0.15) is 21.6 Å². The van der Waals surface area contributed by atoms with Gasteiger partial charge in [-0.3, -0.25) is 4.79 Å². The molecule has 0 atom stereocenters. The molecule has 1 amide bonds. The summed E-state index contributed by atoms with van der Waals surface area (Å²) in [5.74, 6) is -0.0241. The van der Waals surface area contributed by atoms with E-state index in [9.17, 15) is 4.79 Å². The number of anilines is 3. The summed E-state index contributed by atoms with van der Waals surface area (Å²) >= 11 is 11.9. The van der Waals surface area contributed by atoms with Gasteiger partial charge in [-0.05, 0) is 61.4 Å². The molecule has 0 bridgehead atoms. The molecule has 0 unspecified atom stereocenters. The molecular formula is C19H16Cl2N4O. The highest BCUT2D eigenvalue weighted by Gasteiger charge is 2.10. The van der Waals surface area contributed by atoms with Crippen LogP contribution in [-0.2, 0) is 0 Å². The first kappa shape index (κ1) is 18.2. The van der Waals surface area contributed by atoms with E-state index in [0.29, 0.717) is 15.7 Å². The average Bonchev–Trinajstić information content (AvgIpc) is 2.61. The minimum absolute atomic E-state index is 0.251. The quantitative estimate of drug-likeness (QED) is 0.629. The Bertz CT molecular complexity index is 976. The Morgan fingerprint density at radius 2 is 1.69 bits per heavy atom. The third-order valence-corrected chi connectivity index (χ3v) is 4.57. The predicted molar refractivity (Wildman–Crippen MR) is 106 cm³/mol. The van der Waals surface area contributed by atoms with Gasteiger partial charge in [-0.1, -0.05) is 29.3 Å². The van der Waals surface area contributed by atoms with Crippen molar-refractivity contribution in [2.45, 2.75) is 13.8 Å². The molecular weight excluding hydrogens is 371 g/mol. The lowest BCUT2D eigenvalue weighted by Crippen LogP contribution is -2.15. The maximum atomic E-state index is 12.4. The second-order valence-electron chi connectivity index (χ2n) is 5.77. The molecule has 5 nitrogen and oxygen atoms in total. The summed E-state index contributed by atoms with van der Waals surface area (Å²) in [6.07, 6.45) is 1.52. The van der Waals surface area contributed by atoms with Gasteiger partial charge in [0.05, 0.1) is 10.0 Å². The highest BCUT2D eigenvalue weighted by Crippen LogP contribution is 2.26. The molecule has 0 aliphatic heterocycles. The van der Waals surface area contributed by atoms with Gasteiger partial charge in [-0.15, -0.1) is 0 Å². The largest absolute Gasteiger partial charge is 0.324 e. The zero-order chi connectivity index (χ0) is 18.7. The van der Waals surface area contributed by atoms with Crippen LogP contribution < -0.4 is 10.6 Å². The number of carbonyl (C=O) groups is 1. The Kier molecular flexibility index (Phi) is 5.40. The number of rotatable bonds is 4. The number of halogens is 2. The Balaban J connectivity index is 1.76. The van der Waals surface area contributed by atoms with Crippen LogP contribution in [0.4, 0.5) is 17.3 Å². The normalized spacial score (nSPS) is 10.5. The molecule has 7 heteroatoms. The van der Waals surface area contributed by atoms with Gasteiger partial charge in [-0.25, -0.2) is 9.97 Å². The van der Waals surface area contributed by atoms with E-state index in [0.717, 1.165) is 16.8 Å². The number of amides is 1. The molecule has 0 spiro atoms. The molecule has 2 aromatic carbocycles. The van der Waals surface area contributed by atoms with Crippen LogP contribution in [0.5, 0.6) is 0 Å². The van der Waals surface area contributed by atoms with E-state index in [2.05, 4.69) is 20.6 Å². The molecule has 3 aromatic rings. The first-order valence-corrected chi connectivity index (χ1v) is 8.62. The lowest BCUT2D eigenvalue weighted by Gasteiger charge is -2.09. The standard InChI is InChI=1S/C19H16Cl2N4O/c1-11-3-4-13(9-12(11)2)23-18(26)17-7-8-22-19(25-17)24-14-5-6-15(20)16(21)10-14/h3-10H,1-2H3,(H,23,26)(H,22,24,25). The molecule has 26 heavy (non-hydrogen) atoms. The molecule has 2 N–H and O–H groups in total. The van der Waals surface area contributed by atoms with Crippen LogP contribution in [0.3, 0.4) is 0 Å². The minimum atomic E-state index is -0.312. The number of nitrogens with zero attached hydrogens (tertiary/aromatic N) is 2. The molecule has 3 rings (SSSR count). The summed E-state index contributed by atoms with van der Waals surface area (Å²) in [5, 5.41) is 6.72. The van der Waals surface area contributed by atoms with Crippen LogP contribution in [0.25, 0.3) is 0 Å². The van der Waals surface area contributed by atoms with Gasteiger partial charge in [0, 0.05) is 17.6 Å². The monoisotopic (exact) mass is 386 g/mol. The van der Waals surface area contributed by atoms with E-state index in [1.165, 1.54) is 6.20 Å². The number of hydrogen-bond donors (Lipinski definition) is 2. The fraction of sp³-hybridized carbons (Fsp3) is 0.105. The van der Waals surface area contributed by atoms with E-state index in [-0.39, 0.29) is 17.5 Å². The third kappa shape index (κ3) is 4.31. The number of aromatic nitrogens is 2. The lowest BCUT2D eigenvalue weighted by molar-refractivity contribution is 0.102. The average molecular weight is 387 g/mol. The molecule has 0 radical (unpaired) electrons. The van der Waals surface area contributed by atoms with Crippen molar-refractivity contribution in [3.05, 3.63) is 75.5 Å². The maximum Gasteiger partial charge on any atom is 0.274 e. The molecule has 132 valence electrons. The van der Waals surface area contributed by atoms with Gasteiger partial charge in [-0.2, -0.15) is 0 Å². The molecule has 1 heterocycles. The van der Waals surface area contributed by atoms with Gasteiger partial charge < -0.3 is 10.6 Å². The van der Waals surface area contributed by atoms with Crippen LogP contribution >= 0.6 is 23.2 Å². The van der Waals surface area contributed by atoms with E-state index in [4.69, 9.17) is 23.2 Å². The van der Waals surface area contributed by atoms with Gasteiger partial charge in [0.25, 0.3) is 5.91 Å². The predicted octanol–water partition coefficient (Wildman–Crippen LogP) is 5.40. The van der Waals surface area contributed by atoms with Crippen LogP contribution in [0.15, 0.2) is 48.7 Å². The smallest absolute Gasteiger partial charge is 0.274 e. The number of carbonyl (C=O) groups excluding carboxylic acids is 1. The molecule has 0 fully saturated rings. The topological polar surface area (TPSA) is 66.9 Å². The van der Waals surface area contributed by atoms with E-state index in [1.807, 2.05) is 32.0 Å². The van der Waals surface area contributed by atoms with Crippen molar-refractivity contribution in [1.82, 2.24) is 9.97 Å². The Morgan fingerprint density at radius 3 is 2.42 bits per heavy atom. The van der Waals surface area contributed by atoms with Crippen LogP contribution in [0.2, 0.25) is 10.0 Å². The van der Waals surface area contributed by atoms with Crippen molar-refractivity contribution in [2.75, 3.05) is 10.6 Å². The third-order valence-electron chi connectivity index (χ3n) is 3.83. The van der Waals surface area contributed by atoms with Crippen molar-refractivity contribution < 1.29 is 4.79 Å². The summed E-state index contributed by atoms with van der Waals surface area (Å²) in [6.45, 7) is 4.02. The van der Waals surface area contributed by atoms with Crippen LogP contribution in [0, 0.1) is 13.8 Å². The summed E-state index contributed by atoms with van der Waals surface area (Å²) in [6, 6.07) is 12.4. The highest BCUT2D eigenvalue weighted by atomic mass is 35.5. The minimum Gasteiger partial charge on any atom is -0.324 e.